The van der Waals surface area contributed by atoms with Crippen molar-refractivity contribution in [1.29, 1.82) is 5.26 Å². The number of benzene rings is 2. The molecule has 40 heavy (non-hydrogen) atoms. The van der Waals surface area contributed by atoms with E-state index in [9.17, 15) is 27.3 Å². The van der Waals surface area contributed by atoms with Gasteiger partial charge in [-0.25, -0.2) is 22.2 Å². The number of nitrogens with one attached hydrogen (secondary N) is 1. The molecule has 1 aliphatic carbocycles. The van der Waals surface area contributed by atoms with Crippen LogP contribution in [0.3, 0.4) is 0 Å². The van der Waals surface area contributed by atoms with E-state index in [2.05, 4.69) is 10.3 Å². The molecule has 11 heteroatoms. The number of oxazole rings is 1. The van der Waals surface area contributed by atoms with E-state index in [0.717, 1.165) is 30.7 Å². The average Bonchev–Trinajstić information content (AvgIpc) is 3.38. The SMILES string of the molecule is CC(C#N)NC(=O)C1CCCCC1c1oc(-c2ccc(F)cc2F)nc1-c1ccc(N2CCS(=O)(=O)CC2)cc1. The van der Waals surface area contributed by atoms with E-state index >= 15 is 0 Å². The highest BCUT2D eigenvalue weighted by Crippen LogP contribution is 2.44. The van der Waals surface area contributed by atoms with Crippen LogP contribution in [0.25, 0.3) is 22.7 Å². The van der Waals surface area contributed by atoms with Crippen LogP contribution in [0, 0.1) is 28.9 Å². The van der Waals surface area contributed by atoms with Gasteiger partial charge >= 0.3 is 0 Å². The third-order valence-corrected chi connectivity index (χ3v) is 9.27. The Labute approximate surface area is 231 Å². The van der Waals surface area contributed by atoms with Gasteiger partial charge in [-0.15, -0.1) is 0 Å². The molecular weight excluding hydrogens is 538 g/mol. The Morgan fingerprint density at radius 1 is 1.12 bits per heavy atom. The molecule has 3 aromatic rings. The lowest BCUT2D eigenvalue weighted by Gasteiger charge is -2.30. The van der Waals surface area contributed by atoms with Crippen LogP contribution in [0.4, 0.5) is 14.5 Å². The molecule has 2 aliphatic rings. The topological polar surface area (TPSA) is 116 Å². The molecule has 8 nitrogen and oxygen atoms in total. The standard InChI is InChI=1S/C29H30F2N4O4S/c1-18(17-32)33-28(36)23-5-3-2-4-22(23)27-26(34-29(39-27)24-11-8-20(30)16-25(24)31)19-6-9-21(10-7-19)35-12-14-40(37,38)15-13-35/h6-11,16,18,22-23H,2-5,12-15H2,1H3,(H,33,36). The van der Waals surface area contributed by atoms with Crippen molar-refractivity contribution in [3.63, 3.8) is 0 Å². The quantitative estimate of drug-likeness (QED) is 0.453. The minimum atomic E-state index is -3.01. The summed E-state index contributed by atoms with van der Waals surface area (Å²) < 4.78 is 58.2. The number of halogens is 2. The number of sulfone groups is 1. The number of carbonyl (C=O) groups excluding carboxylic acids is 1. The Balaban J connectivity index is 1.53. The molecule has 0 radical (unpaired) electrons. The van der Waals surface area contributed by atoms with E-state index in [1.54, 1.807) is 6.92 Å². The molecule has 2 fully saturated rings. The van der Waals surface area contributed by atoms with Gasteiger partial charge in [0, 0.05) is 42.2 Å². The van der Waals surface area contributed by atoms with E-state index in [0.29, 0.717) is 42.9 Å². The van der Waals surface area contributed by atoms with Gasteiger partial charge in [-0.05, 0) is 44.0 Å². The number of anilines is 1. The van der Waals surface area contributed by atoms with Gasteiger partial charge in [0.05, 0.1) is 23.1 Å². The highest BCUT2D eigenvalue weighted by molar-refractivity contribution is 7.91. The van der Waals surface area contributed by atoms with Gasteiger partial charge in [0.2, 0.25) is 11.8 Å². The fourth-order valence-corrected chi connectivity index (χ4v) is 6.68. The van der Waals surface area contributed by atoms with E-state index in [1.165, 1.54) is 6.07 Å². The maximum absolute atomic E-state index is 14.7. The van der Waals surface area contributed by atoms with Crippen LogP contribution >= 0.6 is 0 Å². The van der Waals surface area contributed by atoms with Crippen LogP contribution < -0.4 is 10.2 Å². The van der Waals surface area contributed by atoms with Crippen molar-refractivity contribution in [1.82, 2.24) is 10.3 Å². The first-order chi connectivity index (χ1) is 19.1. The number of aromatic nitrogens is 1. The molecule has 1 aromatic heterocycles. The first-order valence-corrected chi connectivity index (χ1v) is 15.2. The Hall–Kier alpha value is -3.78. The zero-order valence-corrected chi connectivity index (χ0v) is 22.9. The number of nitriles is 1. The normalized spacial score (nSPS) is 21.4. The molecule has 0 spiro atoms. The molecule has 5 rings (SSSR count). The van der Waals surface area contributed by atoms with Gasteiger partial charge in [-0.2, -0.15) is 5.26 Å². The number of nitrogens with zero attached hydrogens (tertiary/aromatic N) is 3. The molecule has 2 heterocycles. The summed E-state index contributed by atoms with van der Waals surface area (Å²) in [5.41, 5.74) is 2.03. The molecule has 3 unspecified atom stereocenters. The van der Waals surface area contributed by atoms with Crippen LogP contribution in [0.15, 0.2) is 46.9 Å². The van der Waals surface area contributed by atoms with Gasteiger partial charge < -0.3 is 14.6 Å². The highest BCUT2D eigenvalue weighted by atomic mass is 32.2. The number of amides is 1. The molecule has 2 aromatic carbocycles. The van der Waals surface area contributed by atoms with Crippen LogP contribution in [-0.4, -0.2) is 49.9 Å². The fourth-order valence-electron chi connectivity index (χ4n) is 5.48. The molecule has 0 bridgehead atoms. The summed E-state index contributed by atoms with van der Waals surface area (Å²) in [5.74, 6) is -1.95. The molecule has 1 saturated carbocycles. The Morgan fingerprint density at radius 2 is 1.82 bits per heavy atom. The number of hydrogen-bond donors (Lipinski definition) is 1. The summed E-state index contributed by atoms with van der Waals surface area (Å²) in [6.45, 7) is 2.43. The van der Waals surface area contributed by atoms with Gasteiger partial charge in [0.1, 0.15) is 29.1 Å². The van der Waals surface area contributed by atoms with Crippen molar-refractivity contribution in [3.05, 3.63) is 59.9 Å². The van der Waals surface area contributed by atoms with Crippen LogP contribution in [0.2, 0.25) is 0 Å². The van der Waals surface area contributed by atoms with Crippen molar-refractivity contribution in [2.75, 3.05) is 29.5 Å². The summed E-state index contributed by atoms with van der Waals surface area (Å²) in [4.78, 5) is 19.8. The Kier molecular flexibility index (Phi) is 7.90. The van der Waals surface area contributed by atoms with E-state index in [-0.39, 0.29) is 34.8 Å². The summed E-state index contributed by atoms with van der Waals surface area (Å²) in [5, 5.41) is 11.9. The van der Waals surface area contributed by atoms with E-state index < -0.39 is 33.4 Å². The number of hydrogen-bond acceptors (Lipinski definition) is 7. The zero-order valence-electron chi connectivity index (χ0n) is 22.1. The molecular formula is C29H30F2N4O4S. The summed E-state index contributed by atoms with van der Waals surface area (Å²) in [6.07, 6.45) is 2.96. The van der Waals surface area contributed by atoms with E-state index in [4.69, 9.17) is 4.42 Å². The minimum Gasteiger partial charge on any atom is -0.440 e. The largest absolute Gasteiger partial charge is 0.440 e. The summed E-state index contributed by atoms with van der Waals surface area (Å²) in [7, 11) is -3.01. The number of rotatable bonds is 6. The van der Waals surface area contributed by atoms with Crippen LogP contribution in [-0.2, 0) is 14.6 Å². The summed E-state index contributed by atoms with van der Waals surface area (Å²) in [6, 6.07) is 12.0. The Morgan fingerprint density at radius 3 is 2.50 bits per heavy atom. The minimum absolute atomic E-state index is 0.00922. The summed E-state index contributed by atoms with van der Waals surface area (Å²) >= 11 is 0. The zero-order chi connectivity index (χ0) is 28.4. The monoisotopic (exact) mass is 568 g/mol. The van der Waals surface area contributed by atoms with Crippen molar-refractivity contribution in [2.45, 2.75) is 44.6 Å². The highest BCUT2D eigenvalue weighted by Gasteiger charge is 2.37. The average molecular weight is 569 g/mol. The first kappa shape index (κ1) is 27.8. The lowest BCUT2D eigenvalue weighted by atomic mass is 9.76. The molecule has 1 amide bonds. The van der Waals surface area contributed by atoms with Crippen LogP contribution in [0.1, 0.15) is 44.3 Å². The van der Waals surface area contributed by atoms with Gasteiger partial charge in [0.25, 0.3) is 0 Å². The van der Waals surface area contributed by atoms with Crippen molar-refractivity contribution < 1.29 is 26.4 Å². The third kappa shape index (κ3) is 5.87. The second-order valence-corrected chi connectivity index (χ2v) is 12.7. The van der Waals surface area contributed by atoms with Gasteiger partial charge in [-0.1, -0.05) is 25.0 Å². The predicted molar refractivity (Wildman–Crippen MR) is 146 cm³/mol. The van der Waals surface area contributed by atoms with E-state index in [1.807, 2.05) is 35.2 Å². The fraction of sp³-hybridized carbons (Fsp3) is 0.414. The maximum Gasteiger partial charge on any atom is 0.229 e. The maximum atomic E-state index is 14.7. The third-order valence-electron chi connectivity index (χ3n) is 7.66. The molecule has 3 atom stereocenters. The predicted octanol–water partition coefficient (Wildman–Crippen LogP) is 4.82. The molecule has 210 valence electrons. The van der Waals surface area contributed by atoms with Crippen molar-refractivity contribution in [2.24, 2.45) is 5.92 Å². The van der Waals surface area contributed by atoms with Crippen molar-refractivity contribution in [3.8, 4) is 28.8 Å². The molecule has 1 saturated heterocycles. The van der Waals surface area contributed by atoms with Gasteiger partial charge in [-0.3, -0.25) is 4.79 Å². The van der Waals surface area contributed by atoms with Gasteiger partial charge in [0.15, 0.2) is 9.84 Å². The van der Waals surface area contributed by atoms with Crippen molar-refractivity contribution >= 4 is 21.4 Å². The Bertz CT molecular complexity index is 1530. The second kappa shape index (κ2) is 11.4. The molecule has 1 aliphatic heterocycles. The lowest BCUT2D eigenvalue weighted by molar-refractivity contribution is -0.127. The lowest BCUT2D eigenvalue weighted by Crippen LogP contribution is -2.40. The smallest absolute Gasteiger partial charge is 0.229 e. The first-order valence-electron chi connectivity index (χ1n) is 13.4. The van der Waals surface area contributed by atoms with Crippen LogP contribution in [0.5, 0.6) is 0 Å². The second-order valence-electron chi connectivity index (χ2n) is 10.4. The number of carbonyl (C=O) groups is 1. The molecule has 1 N–H and O–H groups in total.